The second-order valence-electron chi connectivity index (χ2n) is 5.72. The number of hydrogen-bond donors (Lipinski definition) is 0. The Morgan fingerprint density at radius 1 is 0.962 bits per heavy atom. The summed E-state index contributed by atoms with van der Waals surface area (Å²) in [5.74, 6) is 0.459. The third kappa shape index (κ3) is 3.79. The Labute approximate surface area is 159 Å². The SMILES string of the molecule is O=C(Sc1nnc(Cc2ccc(Cl)cc2)o1)c1ccc2ccccc2c1. The van der Waals surface area contributed by atoms with E-state index in [2.05, 4.69) is 10.2 Å². The summed E-state index contributed by atoms with van der Waals surface area (Å²) >= 11 is 6.82. The molecular formula is C20H13ClN2O2S. The molecular weight excluding hydrogens is 368 g/mol. The molecule has 0 radical (unpaired) electrons. The molecule has 4 nitrogen and oxygen atoms in total. The molecule has 0 bridgehead atoms. The first-order chi connectivity index (χ1) is 12.7. The number of thioether (sulfide) groups is 1. The Morgan fingerprint density at radius 3 is 2.54 bits per heavy atom. The predicted molar refractivity (Wildman–Crippen MR) is 103 cm³/mol. The smallest absolute Gasteiger partial charge is 0.284 e. The van der Waals surface area contributed by atoms with E-state index < -0.39 is 0 Å². The summed E-state index contributed by atoms with van der Waals surface area (Å²) in [6.45, 7) is 0. The number of aromatic nitrogens is 2. The average molecular weight is 381 g/mol. The van der Waals surface area contributed by atoms with Crippen LogP contribution in [0.3, 0.4) is 0 Å². The van der Waals surface area contributed by atoms with Crippen molar-refractivity contribution in [3.63, 3.8) is 0 Å². The molecule has 0 aliphatic carbocycles. The molecule has 3 aromatic carbocycles. The average Bonchev–Trinajstić information content (AvgIpc) is 3.10. The van der Waals surface area contributed by atoms with E-state index in [0.717, 1.165) is 28.1 Å². The van der Waals surface area contributed by atoms with E-state index in [1.165, 1.54) is 0 Å². The molecule has 6 heteroatoms. The summed E-state index contributed by atoms with van der Waals surface area (Å²) in [7, 11) is 0. The van der Waals surface area contributed by atoms with Gasteiger partial charge in [-0.05, 0) is 40.6 Å². The molecule has 0 spiro atoms. The van der Waals surface area contributed by atoms with Crippen LogP contribution in [0.25, 0.3) is 10.8 Å². The topological polar surface area (TPSA) is 56.0 Å². The van der Waals surface area contributed by atoms with Crippen LogP contribution >= 0.6 is 23.4 Å². The van der Waals surface area contributed by atoms with Crippen LogP contribution in [-0.4, -0.2) is 15.3 Å². The third-order valence-electron chi connectivity index (χ3n) is 3.88. The van der Waals surface area contributed by atoms with E-state index in [9.17, 15) is 4.79 Å². The molecule has 128 valence electrons. The Hall–Kier alpha value is -2.63. The number of halogens is 1. The lowest BCUT2D eigenvalue weighted by Gasteiger charge is -2.01. The van der Waals surface area contributed by atoms with Crippen LogP contribution in [0.15, 0.2) is 76.4 Å². The van der Waals surface area contributed by atoms with Gasteiger partial charge in [-0.1, -0.05) is 54.1 Å². The van der Waals surface area contributed by atoms with Crippen LogP contribution in [0.2, 0.25) is 5.02 Å². The van der Waals surface area contributed by atoms with Crippen molar-refractivity contribution in [1.29, 1.82) is 0 Å². The Balaban J connectivity index is 1.47. The molecule has 0 amide bonds. The molecule has 26 heavy (non-hydrogen) atoms. The van der Waals surface area contributed by atoms with Crippen molar-refractivity contribution < 1.29 is 9.21 Å². The highest BCUT2D eigenvalue weighted by Gasteiger charge is 2.15. The van der Waals surface area contributed by atoms with Gasteiger partial charge in [0, 0.05) is 22.3 Å². The van der Waals surface area contributed by atoms with Gasteiger partial charge in [0.2, 0.25) is 11.0 Å². The van der Waals surface area contributed by atoms with Gasteiger partial charge in [0.25, 0.3) is 5.22 Å². The molecule has 1 heterocycles. The first kappa shape index (κ1) is 16.8. The fourth-order valence-corrected chi connectivity index (χ4v) is 3.33. The van der Waals surface area contributed by atoms with Gasteiger partial charge in [-0.2, -0.15) is 0 Å². The summed E-state index contributed by atoms with van der Waals surface area (Å²) < 4.78 is 5.58. The molecule has 4 aromatic rings. The molecule has 0 saturated carbocycles. The summed E-state index contributed by atoms with van der Waals surface area (Å²) in [6, 6.07) is 21.0. The minimum atomic E-state index is -0.127. The van der Waals surface area contributed by atoms with Gasteiger partial charge in [-0.15, -0.1) is 10.2 Å². The molecule has 0 fully saturated rings. The normalized spacial score (nSPS) is 11.0. The lowest BCUT2D eigenvalue weighted by Crippen LogP contribution is -1.93. The van der Waals surface area contributed by atoms with Gasteiger partial charge in [-0.25, -0.2) is 0 Å². The van der Waals surface area contributed by atoms with Crippen molar-refractivity contribution in [1.82, 2.24) is 10.2 Å². The number of benzene rings is 3. The number of fused-ring (bicyclic) bond motifs is 1. The molecule has 0 aliphatic heterocycles. The van der Waals surface area contributed by atoms with Gasteiger partial charge in [-0.3, -0.25) is 4.79 Å². The Morgan fingerprint density at radius 2 is 1.73 bits per heavy atom. The quantitative estimate of drug-likeness (QED) is 0.444. The maximum atomic E-state index is 12.5. The summed E-state index contributed by atoms with van der Waals surface area (Å²) in [4.78, 5) is 12.5. The Bertz CT molecular complexity index is 1080. The van der Waals surface area contributed by atoms with E-state index in [1.807, 2.05) is 66.7 Å². The van der Waals surface area contributed by atoms with Crippen molar-refractivity contribution in [2.45, 2.75) is 11.6 Å². The first-order valence-electron chi connectivity index (χ1n) is 7.95. The van der Waals surface area contributed by atoms with Crippen LogP contribution in [0, 0.1) is 0 Å². The fourth-order valence-electron chi connectivity index (χ4n) is 2.58. The van der Waals surface area contributed by atoms with Crippen molar-refractivity contribution in [2.24, 2.45) is 0 Å². The van der Waals surface area contributed by atoms with E-state index in [-0.39, 0.29) is 10.3 Å². The van der Waals surface area contributed by atoms with Gasteiger partial charge in [0.1, 0.15) is 0 Å². The molecule has 0 atom stereocenters. The summed E-state index contributed by atoms with van der Waals surface area (Å²) in [5.41, 5.74) is 1.61. The molecule has 0 saturated heterocycles. The number of carbonyl (C=O) groups is 1. The van der Waals surface area contributed by atoms with Gasteiger partial charge in [0.05, 0.1) is 6.42 Å². The molecule has 4 rings (SSSR count). The molecule has 0 unspecified atom stereocenters. The monoisotopic (exact) mass is 380 g/mol. The second-order valence-corrected chi connectivity index (χ2v) is 7.08. The van der Waals surface area contributed by atoms with Gasteiger partial charge in [0.15, 0.2) is 0 Å². The van der Waals surface area contributed by atoms with E-state index in [0.29, 0.717) is 22.9 Å². The maximum absolute atomic E-state index is 12.5. The summed E-state index contributed by atoms with van der Waals surface area (Å²) in [5, 5.41) is 10.9. The standard InChI is InChI=1S/C20H13ClN2O2S/c21-17-9-5-13(6-10-17)11-18-22-23-20(25-18)26-19(24)16-8-7-14-3-1-2-4-15(14)12-16/h1-10,12H,11H2. The number of rotatable bonds is 4. The van der Waals surface area contributed by atoms with Gasteiger partial charge >= 0.3 is 0 Å². The molecule has 0 aliphatic rings. The highest BCUT2D eigenvalue weighted by atomic mass is 35.5. The van der Waals surface area contributed by atoms with Crippen LogP contribution in [-0.2, 0) is 6.42 Å². The van der Waals surface area contributed by atoms with Crippen LogP contribution in [0.1, 0.15) is 21.8 Å². The van der Waals surface area contributed by atoms with E-state index >= 15 is 0 Å². The zero-order valence-corrected chi connectivity index (χ0v) is 15.1. The minimum absolute atomic E-state index is 0.127. The van der Waals surface area contributed by atoms with Crippen LogP contribution < -0.4 is 0 Å². The highest BCUT2D eigenvalue weighted by molar-refractivity contribution is 8.14. The predicted octanol–water partition coefficient (Wildman–Crippen LogP) is 5.40. The summed E-state index contributed by atoms with van der Waals surface area (Å²) in [6.07, 6.45) is 0.495. The molecule has 0 N–H and O–H groups in total. The maximum Gasteiger partial charge on any atom is 0.284 e. The third-order valence-corrected chi connectivity index (χ3v) is 4.89. The number of hydrogen-bond acceptors (Lipinski definition) is 5. The van der Waals surface area contributed by atoms with Crippen LogP contribution in [0.5, 0.6) is 0 Å². The minimum Gasteiger partial charge on any atom is -0.415 e. The molecule has 1 aromatic heterocycles. The van der Waals surface area contributed by atoms with E-state index in [1.54, 1.807) is 0 Å². The van der Waals surface area contributed by atoms with Crippen LogP contribution in [0.4, 0.5) is 0 Å². The van der Waals surface area contributed by atoms with Crippen molar-refractivity contribution in [3.05, 3.63) is 88.8 Å². The van der Waals surface area contributed by atoms with Crippen molar-refractivity contribution in [3.8, 4) is 0 Å². The fraction of sp³-hybridized carbons (Fsp3) is 0.0500. The lowest BCUT2D eigenvalue weighted by molar-refractivity contribution is 0.108. The zero-order valence-electron chi connectivity index (χ0n) is 13.6. The van der Waals surface area contributed by atoms with Gasteiger partial charge < -0.3 is 4.42 Å². The first-order valence-corrected chi connectivity index (χ1v) is 9.15. The largest absolute Gasteiger partial charge is 0.415 e. The van der Waals surface area contributed by atoms with Crippen molar-refractivity contribution >= 4 is 39.3 Å². The second kappa shape index (κ2) is 7.32. The Kier molecular flexibility index (Phi) is 4.73. The zero-order chi connectivity index (χ0) is 17.9. The van der Waals surface area contributed by atoms with E-state index in [4.69, 9.17) is 16.0 Å². The van der Waals surface area contributed by atoms with Crippen molar-refractivity contribution in [2.75, 3.05) is 0 Å². The number of carbonyl (C=O) groups excluding carboxylic acids is 1. The lowest BCUT2D eigenvalue weighted by atomic mass is 10.1. The number of nitrogens with zero attached hydrogens (tertiary/aromatic N) is 2. The highest BCUT2D eigenvalue weighted by Crippen LogP contribution is 2.25.